The van der Waals surface area contributed by atoms with Crippen LogP contribution in [0, 0.1) is 0 Å². The number of halogens is 3. The summed E-state index contributed by atoms with van der Waals surface area (Å²) in [7, 11) is 2.89. The van der Waals surface area contributed by atoms with Gasteiger partial charge in [0.25, 0.3) is 5.91 Å². The molecule has 2 heterocycles. The van der Waals surface area contributed by atoms with E-state index in [4.69, 9.17) is 9.47 Å². The minimum Gasteiger partial charge on any atom is -0.497 e. The van der Waals surface area contributed by atoms with E-state index in [0.717, 1.165) is 24.8 Å². The number of fused-ring (bicyclic) bond motifs is 1. The number of amides is 1. The minimum absolute atomic E-state index is 0.0116. The molecule has 1 aliphatic heterocycles. The Morgan fingerprint density at radius 2 is 1.68 bits per heavy atom. The van der Waals surface area contributed by atoms with Crippen LogP contribution in [0.1, 0.15) is 70.9 Å². The highest BCUT2D eigenvalue weighted by atomic mass is 19.4. The number of methoxy groups -OCH3 is 2. The average Bonchev–Trinajstić information content (AvgIpc) is 3.40. The third-order valence-electron chi connectivity index (χ3n) is 7.78. The summed E-state index contributed by atoms with van der Waals surface area (Å²) in [6.07, 6.45) is -0.464. The van der Waals surface area contributed by atoms with E-state index in [1.54, 1.807) is 36.4 Å². The van der Waals surface area contributed by atoms with E-state index in [-0.39, 0.29) is 23.8 Å². The number of carbonyl (C=O) groups is 2. The Morgan fingerprint density at radius 1 is 1.03 bits per heavy atom. The van der Waals surface area contributed by atoms with Crippen LogP contribution in [-0.4, -0.2) is 42.8 Å². The van der Waals surface area contributed by atoms with Crippen molar-refractivity contribution in [3.05, 3.63) is 76.6 Å². The largest absolute Gasteiger partial charge is 0.497 e. The molecule has 1 saturated carbocycles. The van der Waals surface area contributed by atoms with Crippen LogP contribution in [0.3, 0.4) is 0 Å². The molecule has 5 rings (SSSR count). The van der Waals surface area contributed by atoms with Gasteiger partial charge in [-0.05, 0) is 48.2 Å². The van der Waals surface area contributed by atoms with Crippen LogP contribution in [-0.2, 0) is 21.1 Å². The van der Waals surface area contributed by atoms with Crippen LogP contribution >= 0.6 is 0 Å². The number of aromatic amines is 1. The number of anilines is 1. The van der Waals surface area contributed by atoms with E-state index in [9.17, 15) is 22.8 Å². The maximum Gasteiger partial charge on any atom is 0.433 e. The van der Waals surface area contributed by atoms with Crippen molar-refractivity contribution in [1.29, 1.82) is 0 Å². The van der Waals surface area contributed by atoms with Crippen molar-refractivity contribution in [3.63, 3.8) is 0 Å². The number of hydrogen-bond acceptors (Lipinski definition) is 5. The molecular weight excluding hydrogens is 499 g/mol. The first-order valence-electron chi connectivity index (χ1n) is 12.5. The van der Waals surface area contributed by atoms with Gasteiger partial charge in [0.05, 0.1) is 19.6 Å². The topological polar surface area (TPSA) is 84.5 Å². The fraction of sp³-hybridized carbons (Fsp3) is 0.393. The minimum atomic E-state index is -4.70. The van der Waals surface area contributed by atoms with Gasteiger partial charge in [0.2, 0.25) is 0 Å². The summed E-state index contributed by atoms with van der Waals surface area (Å²) in [6.45, 7) is -0.0116. The standard InChI is InChI=1S/C28H28F3N3O4/c1-37-20-12-6-17(7-13-20)21-16-34(25(35)23-22(21)24(33-32-23)28(29,30)31)19-10-8-18(9-11-19)27(26(36)38-2)14-4-3-5-15-27/h6-13,21H,3-5,14-16H2,1-2H3,(H,32,33). The van der Waals surface area contributed by atoms with Crippen LogP contribution < -0.4 is 9.64 Å². The molecule has 1 unspecified atom stereocenters. The second-order valence-electron chi connectivity index (χ2n) is 9.78. The molecule has 10 heteroatoms. The number of rotatable bonds is 5. The fourth-order valence-corrected chi connectivity index (χ4v) is 5.81. The number of hydrogen-bond donors (Lipinski definition) is 1. The Kier molecular flexibility index (Phi) is 6.66. The lowest BCUT2D eigenvalue weighted by Gasteiger charge is -2.36. The lowest BCUT2D eigenvalue weighted by atomic mass is 9.69. The molecule has 2 aliphatic rings. The number of alkyl halides is 3. The van der Waals surface area contributed by atoms with Crippen LogP contribution in [0.25, 0.3) is 0 Å². The number of esters is 1. The second kappa shape index (κ2) is 9.81. The van der Waals surface area contributed by atoms with Crippen molar-refractivity contribution in [2.75, 3.05) is 25.7 Å². The first kappa shape index (κ1) is 25.8. The molecule has 7 nitrogen and oxygen atoms in total. The fourth-order valence-electron chi connectivity index (χ4n) is 5.81. The molecule has 38 heavy (non-hydrogen) atoms. The van der Waals surface area contributed by atoms with Gasteiger partial charge in [0, 0.05) is 23.7 Å². The molecule has 0 bridgehead atoms. The molecule has 0 spiro atoms. The summed E-state index contributed by atoms with van der Waals surface area (Å²) < 4.78 is 51.9. The third kappa shape index (κ3) is 4.31. The number of aromatic nitrogens is 2. The number of benzene rings is 2. The van der Waals surface area contributed by atoms with Gasteiger partial charge in [0.15, 0.2) is 5.69 Å². The van der Waals surface area contributed by atoms with Crippen molar-refractivity contribution in [3.8, 4) is 5.75 Å². The van der Waals surface area contributed by atoms with Crippen LogP contribution in [0.5, 0.6) is 5.75 Å². The molecular formula is C28H28F3N3O4. The number of nitrogens with one attached hydrogen (secondary N) is 1. The average molecular weight is 528 g/mol. The first-order chi connectivity index (χ1) is 18.2. The second-order valence-corrected chi connectivity index (χ2v) is 9.78. The van der Waals surface area contributed by atoms with Gasteiger partial charge in [-0.3, -0.25) is 14.7 Å². The smallest absolute Gasteiger partial charge is 0.433 e. The molecule has 1 aromatic heterocycles. The molecule has 200 valence electrons. The molecule has 0 saturated heterocycles. The Labute approximate surface area is 217 Å². The predicted molar refractivity (Wildman–Crippen MR) is 133 cm³/mol. The summed E-state index contributed by atoms with van der Waals surface area (Å²) in [6, 6.07) is 13.8. The summed E-state index contributed by atoms with van der Waals surface area (Å²) in [5.41, 5.74) is -0.257. The maximum absolute atomic E-state index is 13.9. The Bertz CT molecular complexity index is 1330. The van der Waals surface area contributed by atoms with E-state index < -0.39 is 29.1 Å². The maximum atomic E-state index is 13.9. The summed E-state index contributed by atoms with van der Waals surface area (Å²) in [4.78, 5) is 27.7. The SMILES string of the molecule is COC(=O)C1(c2ccc(N3CC(c4ccc(OC)cc4)c4c(n[nH]c4C(F)(F)F)C3=O)cc2)CCCCC1. The van der Waals surface area contributed by atoms with Crippen molar-refractivity contribution < 1.29 is 32.2 Å². The van der Waals surface area contributed by atoms with Gasteiger partial charge in [-0.1, -0.05) is 43.5 Å². The molecule has 1 aliphatic carbocycles. The number of nitrogens with zero attached hydrogens (tertiary/aromatic N) is 2. The molecule has 2 aromatic carbocycles. The van der Waals surface area contributed by atoms with Gasteiger partial charge >= 0.3 is 12.1 Å². The molecule has 0 radical (unpaired) electrons. The summed E-state index contributed by atoms with van der Waals surface area (Å²) in [5, 5.41) is 5.86. The quantitative estimate of drug-likeness (QED) is 0.437. The van der Waals surface area contributed by atoms with Gasteiger partial charge in [-0.2, -0.15) is 18.3 Å². The van der Waals surface area contributed by atoms with E-state index in [0.29, 0.717) is 29.8 Å². The summed E-state index contributed by atoms with van der Waals surface area (Å²) >= 11 is 0. The van der Waals surface area contributed by atoms with Crippen molar-refractivity contribution in [2.24, 2.45) is 0 Å². The van der Waals surface area contributed by atoms with E-state index in [1.165, 1.54) is 19.1 Å². The van der Waals surface area contributed by atoms with Crippen LogP contribution in [0.15, 0.2) is 48.5 Å². The Morgan fingerprint density at radius 3 is 2.26 bits per heavy atom. The highest BCUT2D eigenvalue weighted by molar-refractivity contribution is 6.07. The van der Waals surface area contributed by atoms with Gasteiger partial charge in [-0.25, -0.2) is 0 Å². The predicted octanol–water partition coefficient (Wildman–Crippen LogP) is 5.60. The number of ether oxygens (including phenoxy) is 2. The molecule has 1 N–H and O–H groups in total. The lowest BCUT2D eigenvalue weighted by Crippen LogP contribution is -2.41. The van der Waals surface area contributed by atoms with Crippen molar-refractivity contribution >= 4 is 17.6 Å². The van der Waals surface area contributed by atoms with Gasteiger partial charge in [-0.15, -0.1) is 0 Å². The highest BCUT2D eigenvalue weighted by Crippen LogP contribution is 2.44. The zero-order chi connectivity index (χ0) is 27.1. The normalized spacial score (nSPS) is 19.1. The van der Waals surface area contributed by atoms with E-state index in [2.05, 4.69) is 10.2 Å². The van der Waals surface area contributed by atoms with E-state index in [1.807, 2.05) is 12.1 Å². The molecule has 3 aromatic rings. The number of H-pyrrole nitrogens is 1. The Hall–Kier alpha value is -3.82. The summed E-state index contributed by atoms with van der Waals surface area (Å²) in [5.74, 6) is -1.11. The third-order valence-corrected chi connectivity index (χ3v) is 7.78. The van der Waals surface area contributed by atoms with Crippen LogP contribution in [0.2, 0.25) is 0 Å². The zero-order valence-electron chi connectivity index (χ0n) is 21.1. The first-order valence-corrected chi connectivity index (χ1v) is 12.5. The van der Waals surface area contributed by atoms with Gasteiger partial charge < -0.3 is 14.4 Å². The molecule has 1 atom stereocenters. The lowest BCUT2D eigenvalue weighted by molar-refractivity contribution is -0.149. The van der Waals surface area contributed by atoms with Gasteiger partial charge in [0.1, 0.15) is 11.4 Å². The zero-order valence-corrected chi connectivity index (χ0v) is 21.1. The van der Waals surface area contributed by atoms with E-state index >= 15 is 0 Å². The van der Waals surface area contributed by atoms with Crippen molar-refractivity contribution in [1.82, 2.24) is 10.2 Å². The Balaban J connectivity index is 1.54. The monoisotopic (exact) mass is 527 g/mol. The highest BCUT2D eigenvalue weighted by Gasteiger charge is 2.46. The number of carbonyl (C=O) groups excluding carboxylic acids is 2. The van der Waals surface area contributed by atoms with Crippen LogP contribution in [0.4, 0.5) is 18.9 Å². The molecule has 1 amide bonds. The molecule has 1 fully saturated rings. The van der Waals surface area contributed by atoms with Crippen molar-refractivity contribution in [2.45, 2.75) is 49.6 Å².